The van der Waals surface area contributed by atoms with Crippen LogP contribution in [0.2, 0.25) is 0 Å². The van der Waals surface area contributed by atoms with Gasteiger partial charge in [-0.25, -0.2) is 14.5 Å². The fraction of sp³-hybridized carbons (Fsp3) is 0.435. The molecule has 2 fully saturated rings. The zero-order chi connectivity index (χ0) is 21.4. The molecule has 0 saturated carbocycles. The zero-order valence-electron chi connectivity index (χ0n) is 17.8. The van der Waals surface area contributed by atoms with Crippen molar-refractivity contribution in [1.82, 2.24) is 24.5 Å². The molecule has 0 unspecified atom stereocenters. The molecule has 2 aliphatic rings. The van der Waals surface area contributed by atoms with Gasteiger partial charge >= 0.3 is 0 Å². The molecule has 0 aliphatic carbocycles. The van der Waals surface area contributed by atoms with E-state index in [9.17, 15) is 4.79 Å². The van der Waals surface area contributed by atoms with Crippen LogP contribution in [0.1, 0.15) is 53.6 Å². The number of hydrogen-bond acceptors (Lipinski definition) is 6. The molecule has 0 bridgehead atoms. The number of fused-ring (bicyclic) bond motifs is 1. The molecule has 3 aromatic rings. The summed E-state index contributed by atoms with van der Waals surface area (Å²) in [6, 6.07) is 9.80. The van der Waals surface area contributed by atoms with Crippen molar-refractivity contribution in [2.75, 3.05) is 24.5 Å². The molecule has 8 heteroatoms. The molecule has 2 aliphatic heterocycles. The van der Waals surface area contributed by atoms with E-state index in [1.54, 1.807) is 6.07 Å². The lowest BCUT2D eigenvalue weighted by molar-refractivity contribution is 0.0600. The molecule has 31 heavy (non-hydrogen) atoms. The van der Waals surface area contributed by atoms with E-state index in [1.165, 1.54) is 0 Å². The second-order valence-electron chi connectivity index (χ2n) is 8.41. The van der Waals surface area contributed by atoms with Gasteiger partial charge in [0, 0.05) is 25.3 Å². The summed E-state index contributed by atoms with van der Waals surface area (Å²) in [7, 11) is 0. The second-order valence-corrected chi connectivity index (χ2v) is 8.41. The molecule has 0 N–H and O–H groups in total. The topological polar surface area (TPSA) is 79.0 Å². The van der Waals surface area contributed by atoms with E-state index < -0.39 is 0 Å². The molecule has 5 heterocycles. The number of aliphatic imine (C=N–C) groups is 1. The highest BCUT2D eigenvalue weighted by Crippen LogP contribution is 2.32. The number of imidazole rings is 1. The molecule has 1 amide bonds. The summed E-state index contributed by atoms with van der Waals surface area (Å²) in [6.45, 7) is 8.07. The van der Waals surface area contributed by atoms with Crippen molar-refractivity contribution < 1.29 is 4.79 Å². The molecular formula is C23H27N7O. The number of piperidine rings is 1. The lowest BCUT2D eigenvalue weighted by atomic mass is 9.99. The minimum Gasteiger partial charge on any atom is -0.353 e. The van der Waals surface area contributed by atoms with Crippen molar-refractivity contribution in [3.8, 4) is 0 Å². The van der Waals surface area contributed by atoms with Crippen molar-refractivity contribution >= 4 is 24.1 Å². The van der Waals surface area contributed by atoms with Gasteiger partial charge in [-0.1, -0.05) is 6.07 Å². The number of carbonyl (C=O) groups excluding carboxylic acids is 1. The van der Waals surface area contributed by atoms with Crippen molar-refractivity contribution in [3.63, 3.8) is 0 Å². The average molecular weight is 418 g/mol. The van der Waals surface area contributed by atoms with Crippen LogP contribution in [0.3, 0.4) is 0 Å². The number of aromatic nitrogens is 4. The Morgan fingerprint density at radius 1 is 1.13 bits per heavy atom. The number of likely N-dealkylation sites (tertiary alicyclic amines) is 1. The van der Waals surface area contributed by atoms with Crippen LogP contribution in [-0.4, -0.2) is 62.8 Å². The Morgan fingerprint density at radius 3 is 2.84 bits per heavy atom. The van der Waals surface area contributed by atoms with Crippen LogP contribution >= 0.6 is 0 Å². The van der Waals surface area contributed by atoms with Crippen molar-refractivity contribution in [2.24, 2.45) is 4.99 Å². The Hall–Kier alpha value is -3.29. The summed E-state index contributed by atoms with van der Waals surface area (Å²) in [6.07, 6.45) is 5.94. The fourth-order valence-corrected chi connectivity index (χ4v) is 4.61. The lowest BCUT2D eigenvalue weighted by Gasteiger charge is -2.34. The highest BCUT2D eigenvalue weighted by atomic mass is 16.2. The lowest BCUT2D eigenvalue weighted by Crippen LogP contribution is -2.39. The number of anilines is 1. The van der Waals surface area contributed by atoms with Crippen LogP contribution < -0.4 is 4.90 Å². The van der Waals surface area contributed by atoms with Gasteiger partial charge in [0.1, 0.15) is 11.5 Å². The van der Waals surface area contributed by atoms with Crippen molar-refractivity contribution in [2.45, 2.75) is 44.7 Å². The highest BCUT2D eigenvalue weighted by molar-refractivity contribution is 5.92. The van der Waals surface area contributed by atoms with Gasteiger partial charge in [0.2, 0.25) is 0 Å². The third-order valence-electron chi connectivity index (χ3n) is 6.28. The van der Waals surface area contributed by atoms with Gasteiger partial charge in [0.15, 0.2) is 5.65 Å². The SMILES string of the molecule is C=N[C@H]1CCN(c2ccc3nc([C@@H]4CCCCN4C(=O)c4cccc(C)n4)cn3n2)C1. The minimum atomic E-state index is -0.0603. The molecule has 8 nitrogen and oxygen atoms in total. The predicted octanol–water partition coefficient (Wildman–Crippen LogP) is 3.08. The Morgan fingerprint density at radius 2 is 2.03 bits per heavy atom. The Bertz CT molecular complexity index is 1120. The first-order chi connectivity index (χ1) is 15.1. The number of carbonyl (C=O) groups is 1. The molecule has 5 rings (SSSR count). The average Bonchev–Trinajstić information content (AvgIpc) is 3.45. The normalized spacial score (nSPS) is 21.6. The molecule has 0 spiro atoms. The van der Waals surface area contributed by atoms with Crippen LogP contribution in [0, 0.1) is 6.92 Å². The van der Waals surface area contributed by atoms with Gasteiger partial charge in [-0.2, -0.15) is 0 Å². The molecular weight excluding hydrogens is 390 g/mol. The van der Waals surface area contributed by atoms with Gasteiger partial charge < -0.3 is 9.80 Å². The van der Waals surface area contributed by atoms with E-state index >= 15 is 0 Å². The Balaban J connectivity index is 1.43. The maximum Gasteiger partial charge on any atom is 0.273 e. The van der Waals surface area contributed by atoms with Gasteiger partial charge in [0.25, 0.3) is 5.91 Å². The standard InChI is InChI=1S/C23H27N7O/c1-16-6-5-7-18(25-16)23(31)29-12-4-3-8-20(29)19-15-30-21(26-19)9-10-22(27-30)28-13-11-17(14-28)24-2/h5-7,9-10,15,17,20H,2-4,8,11-14H2,1H3/t17-,20-/m0/s1. The largest absolute Gasteiger partial charge is 0.353 e. The summed E-state index contributed by atoms with van der Waals surface area (Å²) >= 11 is 0. The number of hydrogen-bond donors (Lipinski definition) is 0. The van der Waals surface area contributed by atoms with E-state index in [0.717, 1.165) is 68.2 Å². The van der Waals surface area contributed by atoms with Crippen LogP contribution in [0.5, 0.6) is 0 Å². The maximum absolute atomic E-state index is 13.2. The highest BCUT2D eigenvalue weighted by Gasteiger charge is 2.31. The first-order valence-corrected chi connectivity index (χ1v) is 10.9. The zero-order valence-corrected chi connectivity index (χ0v) is 17.8. The third-order valence-corrected chi connectivity index (χ3v) is 6.28. The molecule has 2 atom stereocenters. The van der Waals surface area contributed by atoms with Crippen molar-refractivity contribution in [3.05, 3.63) is 53.6 Å². The second kappa shape index (κ2) is 8.09. The third kappa shape index (κ3) is 3.78. The number of pyridine rings is 1. The monoisotopic (exact) mass is 417 g/mol. The molecule has 160 valence electrons. The molecule has 3 aromatic heterocycles. The number of aryl methyl sites for hydroxylation is 1. The van der Waals surface area contributed by atoms with E-state index in [0.29, 0.717) is 5.69 Å². The summed E-state index contributed by atoms with van der Waals surface area (Å²) in [5.74, 6) is 0.891. The van der Waals surface area contributed by atoms with E-state index in [2.05, 4.69) is 21.6 Å². The summed E-state index contributed by atoms with van der Waals surface area (Å²) in [5, 5.41) is 4.78. The van der Waals surface area contributed by atoms with Gasteiger partial charge in [-0.05, 0) is 63.6 Å². The van der Waals surface area contributed by atoms with E-state index in [4.69, 9.17) is 10.1 Å². The van der Waals surface area contributed by atoms with E-state index in [-0.39, 0.29) is 18.0 Å². The number of amides is 1. The first-order valence-electron chi connectivity index (χ1n) is 10.9. The molecule has 2 saturated heterocycles. The number of rotatable bonds is 4. The first kappa shape index (κ1) is 19.7. The molecule has 0 radical (unpaired) electrons. The molecule has 0 aromatic carbocycles. The Kier molecular flexibility index (Phi) is 5.13. The minimum absolute atomic E-state index is 0.0286. The van der Waals surface area contributed by atoms with Gasteiger partial charge in [0.05, 0.1) is 24.0 Å². The van der Waals surface area contributed by atoms with Crippen molar-refractivity contribution in [1.29, 1.82) is 0 Å². The quantitative estimate of drug-likeness (QED) is 0.610. The predicted molar refractivity (Wildman–Crippen MR) is 120 cm³/mol. The van der Waals surface area contributed by atoms with Crippen LogP contribution in [-0.2, 0) is 0 Å². The van der Waals surface area contributed by atoms with Gasteiger partial charge in [-0.15, -0.1) is 5.10 Å². The fourth-order valence-electron chi connectivity index (χ4n) is 4.61. The van der Waals surface area contributed by atoms with Crippen LogP contribution in [0.25, 0.3) is 5.65 Å². The summed E-state index contributed by atoms with van der Waals surface area (Å²) in [4.78, 5) is 30.8. The van der Waals surface area contributed by atoms with Gasteiger partial charge in [-0.3, -0.25) is 9.79 Å². The Labute approximate surface area is 181 Å². The van der Waals surface area contributed by atoms with E-state index in [1.807, 2.05) is 46.8 Å². The summed E-state index contributed by atoms with van der Waals surface area (Å²) < 4.78 is 1.83. The summed E-state index contributed by atoms with van der Waals surface area (Å²) in [5.41, 5.74) is 3.02. The van der Waals surface area contributed by atoms with Crippen LogP contribution in [0.15, 0.2) is 41.5 Å². The smallest absolute Gasteiger partial charge is 0.273 e. The maximum atomic E-state index is 13.2. The number of nitrogens with zero attached hydrogens (tertiary/aromatic N) is 7. The van der Waals surface area contributed by atoms with Crippen LogP contribution in [0.4, 0.5) is 5.82 Å².